The maximum absolute atomic E-state index is 13.6. The predicted octanol–water partition coefficient (Wildman–Crippen LogP) is 2.57. The second-order valence-corrected chi connectivity index (χ2v) is 4.00. The number of nitrogens with one attached hydrogen (secondary N) is 1. The Hall–Kier alpha value is -1.09. The number of aryl methyl sites for hydroxylation is 1. The van der Waals surface area contributed by atoms with Gasteiger partial charge in [-0.15, -0.1) is 0 Å². The summed E-state index contributed by atoms with van der Waals surface area (Å²) in [7, 11) is 1.50. The van der Waals surface area contributed by atoms with Gasteiger partial charge in [0.1, 0.15) is 0 Å². The molecule has 82 valence electrons. The van der Waals surface area contributed by atoms with Gasteiger partial charge >= 0.3 is 0 Å². The second-order valence-electron chi connectivity index (χ2n) is 4.00. The van der Waals surface area contributed by atoms with Gasteiger partial charge in [-0.3, -0.25) is 0 Å². The van der Waals surface area contributed by atoms with Crippen LogP contribution in [0.5, 0.6) is 5.75 Å². The average Bonchev–Trinajstić information content (AvgIpc) is 2.69. The van der Waals surface area contributed by atoms with E-state index in [4.69, 9.17) is 4.74 Å². The Labute approximate surface area is 89.4 Å². The molecule has 1 heterocycles. The van der Waals surface area contributed by atoms with E-state index >= 15 is 0 Å². The Morgan fingerprint density at radius 2 is 2.27 bits per heavy atom. The van der Waals surface area contributed by atoms with E-state index in [0.717, 1.165) is 30.5 Å². The van der Waals surface area contributed by atoms with Crippen molar-refractivity contribution in [3.05, 3.63) is 29.1 Å². The van der Waals surface area contributed by atoms with E-state index in [-0.39, 0.29) is 5.82 Å². The molecule has 0 amide bonds. The number of halogens is 1. The molecule has 1 aliphatic rings. The lowest BCUT2D eigenvalue weighted by Crippen LogP contribution is -2.13. The van der Waals surface area contributed by atoms with Crippen LogP contribution in [0.3, 0.4) is 0 Å². The van der Waals surface area contributed by atoms with E-state index in [9.17, 15) is 4.39 Å². The fourth-order valence-electron chi connectivity index (χ4n) is 2.19. The normalized spacial score (nSPS) is 20.6. The fourth-order valence-corrected chi connectivity index (χ4v) is 2.19. The topological polar surface area (TPSA) is 21.3 Å². The van der Waals surface area contributed by atoms with Gasteiger partial charge < -0.3 is 10.1 Å². The molecule has 1 unspecified atom stereocenters. The summed E-state index contributed by atoms with van der Waals surface area (Å²) in [5.41, 5.74) is 1.89. The second kappa shape index (κ2) is 4.19. The lowest BCUT2D eigenvalue weighted by molar-refractivity contribution is 0.382. The largest absolute Gasteiger partial charge is 0.493 e. The first-order chi connectivity index (χ1) is 7.22. The molecule has 15 heavy (non-hydrogen) atoms. The van der Waals surface area contributed by atoms with E-state index in [1.807, 2.05) is 13.0 Å². The standard InChI is InChI=1S/C12H16FNO/c1-8-6-9(11-4-3-5-14-11)7-10(13)12(8)15-2/h6-7,11,14H,3-5H2,1-2H3. The van der Waals surface area contributed by atoms with Gasteiger partial charge in [0.2, 0.25) is 0 Å². The van der Waals surface area contributed by atoms with Gasteiger partial charge in [-0.1, -0.05) is 6.07 Å². The Kier molecular flexibility index (Phi) is 2.91. The van der Waals surface area contributed by atoms with Crippen LogP contribution >= 0.6 is 0 Å². The number of ether oxygens (including phenoxy) is 1. The lowest BCUT2D eigenvalue weighted by atomic mass is 10.0. The van der Waals surface area contributed by atoms with E-state index in [1.165, 1.54) is 7.11 Å². The summed E-state index contributed by atoms with van der Waals surface area (Å²) in [6.07, 6.45) is 2.25. The molecule has 0 bridgehead atoms. The molecule has 1 fully saturated rings. The Morgan fingerprint density at radius 3 is 2.80 bits per heavy atom. The summed E-state index contributed by atoms with van der Waals surface area (Å²) in [4.78, 5) is 0. The Morgan fingerprint density at radius 1 is 1.47 bits per heavy atom. The van der Waals surface area contributed by atoms with Crippen molar-refractivity contribution in [3.8, 4) is 5.75 Å². The Balaban J connectivity index is 2.33. The van der Waals surface area contributed by atoms with Crippen LogP contribution < -0.4 is 10.1 Å². The molecule has 3 heteroatoms. The van der Waals surface area contributed by atoms with Gasteiger partial charge in [0.25, 0.3) is 0 Å². The first-order valence-electron chi connectivity index (χ1n) is 5.30. The molecule has 1 N–H and O–H groups in total. The van der Waals surface area contributed by atoms with Crippen LogP contribution in [0.2, 0.25) is 0 Å². The van der Waals surface area contributed by atoms with E-state index in [2.05, 4.69) is 5.32 Å². The van der Waals surface area contributed by atoms with Crippen molar-refractivity contribution in [1.82, 2.24) is 5.32 Å². The highest BCUT2D eigenvalue weighted by Gasteiger charge is 2.18. The molecule has 0 aromatic heterocycles. The zero-order chi connectivity index (χ0) is 10.8. The SMILES string of the molecule is COc1c(C)cc(C2CCCN2)cc1F. The van der Waals surface area contributed by atoms with Crippen LogP contribution in [0, 0.1) is 12.7 Å². The monoisotopic (exact) mass is 209 g/mol. The number of rotatable bonds is 2. The van der Waals surface area contributed by atoms with Gasteiger partial charge in [0, 0.05) is 6.04 Å². The van der Waals surface area contributed by atoms with Crippen molar-refractivity contribution in [2.75, 3.05) is 13.7 Å². The van der Waals surface area contributed by atoms with Crippen LogP contribution in [0.1, 0.15) is 30.0 Å². The van der Waals surface area contributed by atoms with Crippen LogP contribution in [0.25, 0.3) is 0 Å². The molecule has 1 aliphatic heterocycles. The smallest absolute Gasteiger partial charge is 0.165 e. The van der Waals surface area contributed by atoms with Crippen molar-refractivity contribution in [3.63, 3.8) is 0 Å². The van der Waals surface area contributed by atoms with Crippen LogP contribution in [0.4, 0.5) is 4.39 Å². The van der Waals surface area contributed by atoms with Gasteiger partial charge in [-0.05, 0) is 43.5 Å². The molecule has 1 atom stereocenters. The van der Waals surface area contributed by atoms with Crippen LogP contribution in [-0.4, -0.2) is 13.7 Å². The van der Waals surface area contributed by atoms with Crippen molar-refractivity contribution in [2.45, 2.75) is 25.8 Å². The zero-order valence-electron chi connectivity index (χ0n) is 9.14. The maximum atomic E-state index is 13.6. The highest BCUT2D eigenvalue weighted by atomic mass is 19.1. The van der Waals surface area contributed by atoms with Gasteiger partial charge in [-0.25, -0.2) is 4.39 Å². The minimum absolute atomic E-state index is 0.263. The highest BCUT2D eigenvalue weighted by molar-refractivity contribution is 5.39. The molecule has 2 nitrogen and oxygen atoms in total. The summed E-state index contributed by atoms with van der Waals surface area (Å²) in [5, 5.41) is 3.36. The van der Waals surface area contributed by atoms with Gasteiger partial charge in [0.05, 0.1) is 7.11 Å². The summed E-state index contributed by atoms with van der Waals surface area (Å²) in [6, 6.07) is 3.89. The van der Waals surface area contributed by atoms with E-state index in [0.29, 0.717) is 11.8 Å². The molecule has 1 aromatic carbocycles. The summed E-state index contributed by atoms with van der Waals surface area (Å²) < 4.78 is 18.6. The maximum Gasteiger partial charge on any atom is 0.165 e. The third-order valence-electron chi connectivity index (χ3n) is 2.92. The first kappa shape index (κ1) is 10.4. The fraction of sp³-hybridized carbons (Fsp3) is 0.500. The molecule has 1 aromatic rings. The van der Waals surface area contributed by atoms with Crippen molar-refractivity contribution >= 4 is 0 Å². The Bertz CT molecular complexity index is 336. The van der Waals surface area contributed by atoms with Gasteiger partial charge in [0.15, 0.2) is 11.6 Å². The summed E-state index contributed by atoms with van der Waals surface area (Å²) >= 11 is 0. The third-order valence-corrected chi connectivity index (χ3v) is 2.92. The summed E-state index contributed by atoms with van der Waals surface area (Å²) in [5.74, 6) is 0.0953. The zero-order valence-corrected chi connectivity index (χ0v) is 9.14. The van der Waals surface area contributed by atoms with E-state index < -0.39 is 0 Å². The average molecular weight is 209 g/mol. The quantitative estimate of drug-likeness (QED) is 0.808. The minimum Gasteiger partial charge on any atom is -0.493 e. The van der Waals surface area contributed by atoms with Crippen molar-refractivity contribution < 1.29 is 9.13 Å². The lowest BCUT2D eigenvalue weighted by Gasteiger charge is -2.14. The van der Waals surface area contributed by atoms with Crippen molar-refractivity contribution in [1.29, 1.82) is 0 Å². The minimum atomic E-state index is -0.263. The van der Waals surface area contributed by atoms with Crippen molar-refractivity contribution in [2.24, 2.45) is 0 Å². The third kappa shape index (κ3) is 1.97. The number of methoxy groups -OCH3 is 1. The van der Waals surface area contributed by atoms with Gasteiger partial charge in [-0.2, -0.15) is 0 Å². The molecule has 0 saturated carbocycles. The molecule has 0 radical (unpaired) electrons. The number of hydrogen-bond acceptors (Lipinski definition) is 2. The molecule has 0 spiro atoms. The molecular formula is C12H16FNO. The predicted molar refractivity (Wildman–Crippen MR) is 57.7 cm³/mol. The van der Waals surface area contributed by atoms with E-state index in [1.54, 1.807) is 6.07 Å². The molecule has 1 saturated heterocycles. The van der Waals surface area contributed by atoms with Crippen LogP contribution in [-0.2, 0) is 0 Å². The number of hydrogen-bond donors (Lipinski definition) is 1. The summed E-state index contributed by atoms with van der Waals surface area (Å²) in [6.45, 7) is 2.90. The molecule has 0 aliphatic carbocycles. The highest BCUT2D eigenvalue weighted by Crippen LogP contribution is 2.29. The van der Waals surface area contributed by atoms with Crippen LogP contribution in [0.15, 0.2) is 12.1 Å². The first-order valence-corrected chi connectivity index (χ1v) is 5.30. The molecule has 2 rings (SSSR count). The number of benzene rings is 1. The molecular weight excluding hydrogens is 193 g/mol.